The third kappa shape index (κ3) is 8.32. The molecule has 2 N–H and O–H groups in total. The van der Waals surface area contributed by atoms with Crippen molar-refractivity contribution in [2.24, 2.45) is 0 Å². The summed E-state index contributed by atoms with van der Waals surface area (Å²) in [6.45, 7) is 10.1. The zero-order valence-corrected chi connectivity index (χ0v) is 27.3. The van der Waals surface area contributed by atoms with E-state index in [1.54, 1.807) is 26.0 Å². The van der Waals surface area contributed by atoms with Crippen molar-refractivity contribution in [2.75, 3.05) is 41.7 Å². The number of carbonyl (C=O) groups excluding carboxylic acids is 2. The number of thiocarbonyl (C=S) groups is 1. The molecule has 1 aliphatic rings. The molecule has 5 rings (SSSR count). The molecule has 4 aromatic rings. The Hall–Kier alpha value is -4.15. The van der Waals surface area contributed by atoms with E-state index >= 15 is 0 Å². The number of likely N-dealkylation sites (tertiary alicyclic amines) is 1. The van der Waals surface area contributed by atoms with E-state index in [4.69, 9.17) is 22.2 Å². The number of nitrogens with one attached hydrogen (secondary N) is 2. The number of ketones is 2. The van der Waals surface area contributed by atoms with Crippen molar-refractivity contribution in [1.82, 2.24) is 19.4 Å². The van der Waals surface area contributed by atoms with Crippen LogP contribution in [-0.2, 0) is 6.54 Å². The molecule has 1 saturated heterocycles. The first-order valence-electron chi connectivity index (χ1n) is 16.0. The lowest BCUT2D eigenvalue weighted by molar-refractivity contribution is 0.100. The van der Waals surface area contributed by atoms with Crippen LogP contribution in [0.5, 0.6) is 0 Å². The summed E-state index contributed by atoms with van der Waals surface area (Å²) in [6.07, 6.45) is 6.79. The Bertz CT molecular complexity index is 1630. The molecule has 9 nitrogen and oxygen atoms in total. The van der Waals surface area contributed by atoms with Crippen LogP contribution in [-0.4, -0.2) is 62.3 Å². The van der Waals surface area contributed by atoms with E-state index in [1.807, 2.05) is 53.4 Å². The van der Waals surface area contributed by atoms with Crippen LogP contribution in [0.25, 0.3) is 11.2 Å². The molecule has 0 radical (unpaired) electrons. The van der Waals surface area contributed by atoms with Gasteiger partial charge in [-0.3, -0.25) is 14.2 Å². The average molecular weight is 626 g/mol. The standard InChI is InChI=1S/C35H43N7O2S/c1-4-5-23-41(35(45)37-30-16-12-28(13-17-30)26(3)44)32-19-18-31-33(39-32)42(24-9-22-40-20-7-6-8-21-40)34(38-31)36-29-14-10-27(11-15-29)25(2)43/h10-19H,4-9,20-24H2,1-3H3,(H,36,38)(H,37,45). The predicted molar refractivity (Wildman–Crippen MR) is 187 cm³/mol. The van der Waals surface area contributed by atoms with Crippen LogP contribution < -0.4 is 15.5 Å². The summed E-state index contributed by atoms with van der Waals surface area (Å²) in [4.78, 5) is 38.2. The molecule has 10 heteroatoms. The number of Topliss-reactive ketones (excluding diaryl/α,β-unsaturated/α-hetero) is 2. The number of anilines is 4. The largest absolute Gasteiger partial charge is 0.332 e. The Morgan fingerprint density at radius 2 is 1.47 bits per heavy atom. The van der Waals surface area contributed by atoms with Gasteiger partial charge < -0.3 is 20.4 Å². The van der Waals surface area contributed by atoms with Gasteiger partial charge in [0.25, 0.3) is 0 Å². The van der Waals surface area contributed by atoms with Crippen molar-refractivity contribution in [3.05, 3.63) is 71.8 Å². The molecule has 45 heavy (non-hydrogen) atoms. The number of aromatic nitrogens is 3. The average Bonchev–Trinajstić information content (AvgIpc) is 3.38. The van der Waals surface area contributed by atoms with Gasteiger partial charge in [-0.1, -0.05) is 19.8 Å². The van der Waals surface area contributed by atoms with Gasteiger partial charge in [0, 0.05) is 35.6 Å². The lowest BCUT2D eigenvalue weighted by Crippen LogP contribution is -2.36. The zero-order valence-electron chi connectivity index (χ0n) is 26.5. The normalized spacial score (nSPS) is 13.5. The minimum absolute atomic E-state index is 0.0284. The van der Waals surface area contributed by atoms with Gasteiger partial charge in [-0.25, -0.2) is 9.97 Å². The minimum Gasteiger partial charge on any atom is -0.332 e. The van der Waals surface area contributed by atoms with Gasteiger partial charge in [0.05, 0.1) is 0 Å². The second kappa shape index (κ2) is 15.2. The number of benzene rings is 2. The number of unbranched alkanes of at least 4 members (excludes halogenated alkanes) is 1. The van der Waals surface area contributed by atoms with E-state index in [0.29, 0.717) is 22.8 Å². The van der Waals surface area contributed by atoms with E-state index in [2.05, 4.69) is 27.0 Å². The van der Waals surface area contributed by atoms with Crippen molar-refractivity contribution in [3.63, 3.8) is 0 Å². The van der Waals surface area contributed by atoms with Crippen molar-refractivity contribution in [2.45, 2.75) is 65.8 Å². The molecule has 1 aliphatic heterocycles. The Kier molecular flexibility index (Phi) is 10.9. The lowest BCUT2D eigenvalue weighted by atomic mass is 10.1. The summed E-state index contributed by atoms with van der Waals surface area (Å²) in [7, 11) is 0. The molecule has 0 unspecified atom stereocenters. The van der Waals surface area contributed by atoms with Gasteiger partial charge in [-0.05, 0) is 132 Å². The number of fused-ring (bicyclic) bond motifs is 1. The summed E-state index contributed by atoms with van der Waals surface area (Å²) < 4.78 is 2.16. The van der Waals surface area contributed by atoms with E-state index in [0.717, 1.165) is 79.7 Å². The first-order valence-corrected chi connectivity index (χ1v) is 16.4. The molecule has 236 valence electrons. The van der Waals surface area contributed by atoms with Crippen molar-refractivity contribution in [1.29, 1.82) is 0 Å². The highest BCUT2D eigenvalue weighted by molar-refractivity contribution is 7.80. The third-order valence-electron chi connectivity index (χ3n) is 8.23. The molecule has 2 aromatic heterocycles. The van der Waals surface area contributed by atoms with Gasteiger partial charge in [0.1, 0.15) is 11.3 Å². The number of imidazole rings is 1. The number of hydrogen-bond acceptors (Lipinski definition) is 7. The summed E-state index contributed by atoms with van der Waals surface area (Å²) in [5.74, 6) is 1.54. The highest BCUT2D eigenvalue weighted by atomic mass is 32.1. The Labute approximate surface area is 271 Å². The molecule has 1 fully saturated rings. The second-order valence-corrected chi connectivity index (χ2v) is 12.1. The highest BCUT2D eigenvalue weighted by Gasteiger charge is 2.19. The monoisotopic (exact) mass is 625 g/mol. The highest BCUT2D eigenvalue weighted by Crippen LogP contribution is 2.26. The number of rotatable bonds is 13. The first-order chi connectivity index (χ1) is 21.8. The van der Waals surface area contributed by atoms with Crippen LogP contribution in [0.3, 0.4) is 0 Å². The van der Waals surface area contributed by atoms with Crippen molar-refractivity contribution < 1.29 is 9.59 Å². The summed E-state index contributed by atoms with van der Waals surface area (Å²) in [6, 6.07) is 18.8. The number of nitrogens with zero attached hydrogens (tertiary/aromatic N) is 5. The van der Waals surface area contributed by atoms with E-state index in [-0.39, 0.29) is 11.6 Å². The topological polar surface area (TPSA) is 95.4 Å². The quantitative estimate of drug-likeness (QED) is 0.116. The molecule has 2 aromatic carbocycles. The van der Waals surface area contributed by atoms with Gasteiger partial charge in [-0.2, -0.15) is 0 Å². The number of pyridine rings is 1. The fraction of sp³-hybridized carbons (Fsp3) is 0.400. The van der Waals surface area contributed by atoms with Crippen LogP contribution in [0.15, 0.2) is 60.7 Å². The van der Waals surface area contributed by atoms with E-state index < -0.39 is 0 Å². The van der Waals surface area contributed by atoms with Crippen molar-refractivity contribution in [3.8, 4) is 0 Å². The van der Waals surface area contributed by atoms with Crippen LogP contribution in [0, 0.1) is 0 Å². The van der Waals surface area contributed by atoms with Gasteiger partial charge in [0.15, 0.2) is 22.3 Å². The fourth-order valence-electron chi connectivity index (χ4n) is 5.62. The lowest BCUT2D eigenvalue weighted by Gasteiger charge is -2.26. The molecule has 0 amide bonds. The molecule has 0 spiro atoms. The summed E-state index contributed by atoms with van der Waals surface area (Å²) >= 11 is 5.90. The third-order valence-corrected chi connectivity index (χ3v) is 8.55. The Morgan fingerprint density at radius 3 is 2.09 bits per heavy atom. The number of piperidine rings is 1. The van der Waals surface area contributed by atoms with E-state index in [1.165, 1.54) is 19.3 Å². The molecule has 0 aliphatic carbocycles. The first kappa shape index (κ1) is 32.2. The smallest absolute Gasteiger partial charge is 0.209 e. The number of hydrogen-bond donors (Lipinski definition) is 2. The maximum absolute atomic E-state index is 11.8. The molecule has 3 heterocycles. The maximum Gasteiger partial charge on any atom is 0.209 e. The van der Waals surface area contributed by atoms with Crippen LogP contribution in [0.1, 0.15) is 80.0 Å². The fourth-order valence-corrected chi connectivity index (χ4v) is 5.92. The van der Waals surface area contributed by atoms with Crippen molar-refractivity contribution >= 4 is 63.2 Å². The molecular formula is C35H43N7O2S. The Balaban J connectivity index is 1.44. The summed E-state index contributed by atoms with van der Waals surface area (Å²) in [5, 5.41) is 7.37. The van der Waals surface area contributed by atoms with Crippen LogP contribution in [0.4, 0.5) is 23.1 Å². The van der Waals surface area contributed by atoms with E-state index in [9.17, 15) is 9.59 Å². The Morgan fingerprint density at radius 1 is 0.822 bits per heavy atom. The number of aryl methyl sites for hydroxylation is 1. The molecule has 0 saturated carbocycles. The molecular weight excluding hydrogens is 582 g/mol. The second-order valence-electron chi connectivity index (χ2n) is 11.7. The molecule has 0 atom stereocenters. The maximum atomic E-state index is 11.8. The molecule has 0 bridgehead atoms. The SMILES string of the molecule is CCCCN(C(=S)Nc1ccc(C(C)=O)cc1)c1ccc2nc(Nc3ccc(C(C)=O)cc3)n(CCCN3CCCCC3)c2n1. The van der Waals surface area contributed by atoms with Gasteiger partial charge in [0.2, 0.25) is 5.95 Å². The zero-order chi connectivity index (χ0) is 31.8. The number of carbonyl (C=O) groups is 2. The van der Waals surface area contributed by atoms with Gasteiger partial charge >= 0.3 is 0 Å². The van der Waals surface area contributed by atoms with Crippen LogP contribution >= 0.6 is 12.2 Å². The predicted octanol–water partition coefficient (Wildman–Crippen LogP) is 7.46. The summed E-state index contributed by atoms with van der Waals surface area (Å²) in [5.41, 5.74) is 4.61. The van der Waals surface area contributed by atoms with Crippen LogP contribution in [0.2, 0.25) is 0 Å². The van der Waals surface area contributed by atoms with Gasteiger partial charge in [-0.15, -0.1) is 0 Å². The minimum atomic E-state index is 0.0284.